The summed E-state index contributed by atoms with van der Waals surface area (Å²) in [5.74, 6) is 5.97. The SMILES string of the molecule is C1CCC2C3NC(NC4NC(NC5NC(NC6NC(N3)C3CCCCC63)C3CCCCC53)C3CCCCC43)C2C1.F[C-](C(F)(F)F)C(F)(F)F.F[C-](C(F)(F)F)C(F)(F)F.F[C-](C(F)(F)F)C(F)(F)F.F[C-](C(F)(F)F)C(F)(F)F.F[C-](C(F)(F)F)C(F)(F)F.F[C-](C(F)(F)F)C(F)(F)F.F[C-](C(F)(F)F)C(F)(F)F.F[C-](C(F)(F)F)C(F)(F)F.[Zn]. The zero-order chi connectivity index (χ0) is 94.8. The average Bonchev–Trinajstić information content (AvgIpc) is 1.62. The summed E-state index contributed by atoms with van der Waals surface area (Å²) in [5, 5.41) is 33.8. The van der Waals surface area contributed by atoms with E-state index in [0.29, 0.717) is 49.3 Å². The van der Waals surface area contributed by atoms with Crippen LogP contribution in [0.4, 0.5) is 246 Å². The molecule has 8 bridgehead atoms. The van der Waals surface area contributed by atoms with Crippen LogP contribution in [0, 0.1) is 96.7 Å². The summed E-state index contributed by atoms with van der Waals surface area (Å²) in [6.45, 7) is 0. The Kier molecular flexibility index (Phi) is 42.4. The third-order valence-electron chi connectivity index (χ3n) is 17.8. The fraction of sp³-hybridized carbons (Fsp3) is 0.857. The van der Waals surface area contributed by atoms with E-state index in [2.05, 4.69) is 42.5 Å². The van der Waals surface area contributed by atoms with Gasteiger partial charge in [0, 0.05) is 68.9 Å². The van der Waals surface area contributed by atoms with Crippen molar-refractivity contribution in [3.05, 3.63) is 49.4 Å². The van der Waals surface area contributed by atoms with Gasteiger partial charge in [-0.05, 0) is 98.7 Å². The van der Waals surface area contributed by atoms with Crippen molar-refractivity contribution in [2.75, 3.05) is 0 Å². The van der Waals surface area contributed by atoms with Crippen molar-refractivity contribution in [1.29, 1.82) is 0 Å². The molecule has 5 heterocycles. The van der Waals surface area contributed by atoms with E-state index in [-0.39, 0.29) is 19.5 Å². The van der Waals surface area contributed by atoms with Crippen LogP contribution in [0.15, 0.2) is 0 Å². The molecular weight excluding hydrogens is 1910 g/mol. The Morgan fingerprint density at radius 2 is 0.190 bits per heavy atom. The molecule has 9 aliphatic rings. The van der Waals surface area contributed by atoms with E-state index in [9.17, 15) is 246 Å². The van der Waals surface area contributed by atoms with Gasteiger partial charge in [-0.15, -0.1) is 0 Å². The minimum Gasteiger partial charge on any atom is -0.438 e. The largest absolute Gasteiger partial charge is 0.438 e. The van der Waals surface area contributed by atoms with E-state index < -0.39 is 148 Å². The first-order valence-corrected chi connectivity index (χ1v) is 32.5. The molecule has 8 nitrogen and oxygen atoms in total. The molecule has 722 valence electrons. The Balaban J connectivity index is 0.00000149. The fourth-order valence-electron chi connectivity index (χ4n) is 13.3. The van der Waals surface area contributed by atoms with Gasteiger partial charge < -0.3 is 35.1 Å². The Bertz CT molecular complexity index is 2240. The maximum atomic E-state index is 11.1. The van der Waals surface area contributed by atoms with E-state index in [1.165, 1.54) is 103 Å². The zero-order valence-electron chi connectivity index (χ0n) is 58.4. The zero-order valence-corrected chi connectivity index (χ0v) is 61.4. The van der Waals surface area contributed by atoms with Gasteiger partial charge in [0.15, 0.2) is 0 Å². The molecule has 0 radical (unpaired) electrons. The summed E-state index contributed by atoms with van der Waals surface area (Å²) in [7, 11) is 0. The standard InChI is InChI=1S/C32H56N8.8C3F7.Zn/c1-2-10-18-17(9-1)25-33-26(18)38-28-21-13-5-6-14-22(21)30(35-28)40-32-24-16-8-7-15-23(24)31(36-32)39-29-20-12-4-3-11-19(20)27(34-29)37-25;8*4-1(2(5,6)7)3(8,9)10;/h17-40H,1-16H2;;;;;;;;;/q;8*-1;. The summed E-state index contributed by atoms with van der Waals surface area (Å²) >= 11 is 0. The molecule has 121 heavy (non-hydrogen) atoms. The topological polar surface area (TPSA) is 96.2 Å². The molecule has 65 heteroatoms. The first-order valence-electron chi connectivity index (χ1n) is 32.5. The number of nitrogens with one attached hydrogen (secondary N) is 8. The molecule has 9 rings (SSSR count). The van der Waals surface area contributed by atoms with Crippen LogP contribution in [0.2, 0.25) is 0 Å². The Labute approximate surface area is 654 Å². The van der Waals surface area contributed by atoms with Crippen LogP contribution in [0.1, 0.15) is 103 Å². The number of hydrogen-bond acceptors (Lipinski definition) is 8. The first kappa shape index (κ1) is 117. The second kappa shape index (κ2) is 43.7. The van der Waals surface area contributed by atoms with Crippen molar-refractivity contribution in [3.8, 4) is 0 Å². The summed E-state index contributed by atoms with van der Waals surface area (Å²) in [4.78, 5) is 0. The number of hydrogen-bond donors (Lipinski definition) is 8. The van der Waals surface area contributed by atoms with Gasteiger partial charge in [0.1, 0.15) is 0 Å². The number of fused-ring (bicyclic) bond motifs is 20. The third kappa shape index (κ3) is 37.9. The normalized spacial score (nSPS) is 28.6. The minimum absolute atomic E-state index is 0. The Morgan fingerprint density at radius 1 is 0.132 bits per heavy atom. The average molecular weight is 1970 g/mol. The van der Waals surface area contributed by atoms with Crippen LogP contribution >= 0.6 is 0 Å². The van der Waals surface area contributed by atoms with Gasteiger partial charge in [0.2, 0.25) is 0 Å². The Hall–Kier alpha value is -3.62. The van der Waals surface area contributed by atoms with Crippen molar-refractivity contribution in [1.82, 2.24) is 42.5 Å². The predicted octanol–water partition coefficient (Wildman–Crippen LogP) is 23.5. The van der Waals surface area contributed by atoms with Crippen molar-refractivity contribution in [3.63, 3.8) is 0 Å². The fourth-order valence-corrected chi connectivity index (χ4v) is 13.3. The van der Waals surface area contributed by atoms with Gasteiger partial charge in [0.05, 0.1) is 49.3 Å². The maximum Gasteiger partial charge on any atom is 0.307 e. The van der Waals surface area contributed by atoms with E-state index in [0.717, 1.165) is 47.3 Å². The summed E-state index contributed by atoms with van der Waals surface area (Å²) in [5.41, 5.74) is 0. The monoisotopic (exact) mass is 1970 g/mol. The molecule has 8 N–H and O–H groups in total. The molecule has 0 aromatic rings. The van der Waals surface area contributed by atoms with E-state index >= 15 is 0 Å². The first-order chi connectivity index (χ1) is 53.0. The predicted molar refractivity (Wildman–Crippen MR) is 289 cm³/mol. The van der Waals surface area contributed by atoms with Gasteiger partial charge in [-0.2, -0.15) is 0 Å². The van der Waals surface area contributed by atoms with Crippen molar-refractivity contribution in [2.24, 2.45) is 47.3 Å². The second-order valence-corrected chi connectivity index (χ2v) is 26.1. The van der Waals surface area contributed by atoms with Crippen LogP contribution in [-0.4, -0.2) is 148 Å². The molecule has 8 atom stereocenters. The maximum absolute atomic E-state index is 11.1. The third-order valence-corrected chi connectivity index (χ3v) is 17.8. The molecule has 0 amide bonds. The molecule has 8 unspecified atom stereocenters. The van der Waals surface area contributed by atoms with Crippen molar-refractivity contribution >= 4 is 0 Å². The molecule has 9 fully saturated rings. The smallest absolute Gasteiger partial charge is 0.307 e. The quantitative estimate of drug-likeness (QED) is 0.0691. The van der Waals surface area contributed by atoms with Crippen LogP contribution < -0.4 is 42.5 Å². The second-order valence-electron chi connectivity index (χ2n) is 26.1. The number of alkyl halides is 48. The minimum atomic E-state index is -5.93. The van der Waals surface area contributed by atoms with Crippen LogP contribution in [-0.2, 0) is 19.5 Å². The molecule has 5 aliphatic heterocycles. The number of rotatable bonds is 0. The molecule has 0 aromatic heterocycles. The molecule has 4 aliphatic carbocycles. The summed E-state index contributed by atoms with van der Waals surface area (Å²) in [6, 6.07) is 0. The van der Waals surface area contributed by atoms with Crippen LogP contribution in [0.3, 0.4) is 0 Å². The Morgan fingerprint density at radius 3 is 0.231 bits per heavy atom. The molecule has 4 saturated carbocycles. The van der Waals surface area contributed by atoms with Gasteiger partial charge in [-0.1, -0.05) is 51.4 Å². The molecule has 0 aromatic carbocycles. The van der Waals surface area contributed by atoms with Gasteiger partial charge >= 0.3 is 98.8 Å². The van der Waals surface area contributed by atoms with Gasteiger partial charge in [-0.3, -0.25) is 42.5 Å². The molecular formula is C56H56F56N8Zn-8. The van der Waals surface area contributed by atoms with Crippen LogP contribution in [0.5, 0.6) is 0 Å². The van der Waals surface area contributed by atoms with Gasteiger partial charge in [-0.25, -0.2) is 211 Å². The molecule has 0 spiro atoms. The molecule has 5 saturated heterocycles. The van der Waals surface area contributed by atoms with E-state index in [4.69, 9.17) is 0 Å². The van der Waals surface area contributed by atoms with Crippen molar-refractivity contribution in [2.45, 2.75) is 251 Å². The summed E-state index contributed by atoms with van der Waals surface area (Å²) < 4.78 is 608. The number of halogens is 56. The summed E-state index contributed by atoms with van der Waals surface area (Å²) in [6.07, 6.45) is -101. The van der Waals surface area contributed by atoms with Crippen molar-refractivity contribution < 1.29 is 265 Å². The van der Waals surface area contributed by atoms with Gasteiger partial charge in [0.25, 0.3) is 0 Å². The van der Waals surface area contributed by atoms with E-state index in [1.54, 1.807) is 0 Å². The van der Waals surface area contributed by atoms with Crippen LogP contribution in [0.25, 0.3) is 0 Å². The van der Waals surface area contributed by atoms with E-state index in [1.807, 2.05) is 0 Å².